The number of hydrogen-bond donors (Lipinski definition) is 3. The Kier molecular flexibility index (Phi) is 3.31. The zero-order valence-electron chi connectivity index (χ0n) is 11.2. The van der Waals surface area contributed by atoms with Crippen molar-refractivity contribution in [2.24, 2.45) is 0 Å². The Balaban J connectivity index is 1.78. The number of fused-ring (bicyclic) bond motifs is 1. The molecule has 0 fully saturated rings. The molecule has 5 nitrogen and oxygen atoms in total. The molecule has 1 aromatic heterocycles. The number of nitrogens with two attached hydrogens (primary N) is 1. The summed E-state index contributed by atoms with van der Waals surface area (Å²) in [4.78, 5) is 15.8. The molecule has 1 aliphatic rings. The fourth-order valence-corrected chi connectivity index (χ4v) is 2.89. The highest BCUT2D eigenvalue weighted by molar-refractivity contribution is 7.09. The van der Waals surface area contributed by atoms with Gasteiger partial charge < -0.3 is 16.4 Å². The van der Waals surface area contributed by atoms with Crippen molar-refractivity contribution in [1.82, 2.24) is 4.98 Å². The minimum Gasteiger partial charge on any atom is -0.397 e. The van der Waals surface area contributed by atoms with E-state index in [9.17, 15) is 4.79 Å². The molecule has 0 aliphatic carbocycles. The van der Waals surface area contributed by atoms with Crippen LogP contribution in [0.25, 0.3) is 0 Å². The third-order valence-corrected chi connectivity index (χ3v) is 4.12. The molecule has 0 saturated heterocycles. The second-order valence-electron chi connectivity index (χ2n) is 4.86. The first-order valence-electron chi connectivity index (χ1n) is 6.49. The van der Waals surface area contributed by atoms with E-state index in [1.165, 1.54) is 0 Å². The lowest BCUT2D eigenvalue weighted by Gasteiger charge is -2.19. The molecule has 0 atom stereocenters. The van der Waals surface area contributed by atoms with Gasteiger partial charge in [0, 0.05) is 17.5 Å². The molecule has 0 saturated carbocycles. The van der Waals surface area contributed by atoms with Gasteiger partial charge in [-0.05, 0) is 31.0 Å². The van der Waals surface area contributed by atoms with E-state index in [0.29, 0.717) is 18.7 Å². The predicted molar refractivity (Wildman–Crippen MR) is 82.0 cm³/mol. The highest BCUT2D eigenvalue weighted by Crippen LogP contribution is 2.31. The smallest absolute Gasteiger partial charge is 0.224 e. The van der Waals surface area contributed by atoms with Gasteiger partial charge in [-0.3, -0.25) is 4.79 Å². The van der Waals surface area contributed by atoms with Gasteiger partial charge in [-0.1, -0.05) is 0 Å². The minimum atomic E-state index is 0.0514. The number of aryl methyl sites for hydroxylation is 2. The first-order valence-corrected chi connectivity index (χ1v) is 7.37. The molecule has 4 N–H and O–H groups in total. The fraction of sp³-hybridized carbons (Fsp3) is 0.286. The number of hydrogen-bond acceptors (Lipinski definition) is 5. The van der Waals surface area contributed by atoms with Gasteiger partial charge in [-0.2, -0.15) is 0 Å². The van der Waals surface area contributed by atoms with Crippen LogP contribution in [0.4, 0.5) is 17.1 Å². The molecule has 1 amide bonds. The Hall–Kier alpha value is -2.08. The number of nitrogens with one attached hydrogen (secondary N) is 2. The molecule has 0 radical (unpaired) electrons. The van der Waals surface area contributed by atoms with Crippen LogP contribution in [-0.4, -0.2) is 10.9 Å². The molecule has 104 valence electrons. The van der Waals surface area contributed by atoms with Crippen molar-refractivity contribution < 1.29 is 4.79 Å². The maximum absolute atomic E-state index is 11.4. The number of nitrogen functional groups attached to an aromatic ring is 1. The number of carbonyl (C=O) groups excluding carboxylic acids is 1. The minimum absolute atomic E-state index is 0.0514. The molecule has 1 aromatic carbocycles. The Morgan fingerprint density at radius 2 is 2.30 bits per heavy atom. The summed E-state index contributed by atoms with van der Waals surface area (Å²) in [5.74, 6) is 0.0514. The molecule has 6 heteroatoms. The van der Waals surface area contributed by atoms with Crippen molar-refractivity contribution in [2.45, 2.75) is 26.3 Å². The Labute approximate surface area is 121 Å². The normalized spacial score (nSPS) is 13.8. The molecule has 0 spiro atoms. The summed E-state index contributed by atoms with van der Waals surface area (Å²) in [5.41, 5.74) is 10.5. The number of benzene rings is 1. The molecule has 0 bridgehead atoms. The predicted octanol–water partition coefficient (Wildman–Crippen LogP) is 2.53. The van der Waals surface area contributed by atoms with Crippen molar-refractivity contribution >= 4 is 34.3 Å². The molecule has 2 heterocycles. The van der Waals surface area contributed by atoms with Crippen LogP contribution >= 0.6 is 11.3 Å². The number of thiazole rings is 1. The van der Waals surface area contributed by atoms with Crippen LogP contribution in [0.3, 0.4) is 0 Å². The standard InChI is InChI=1S/C14H16N4OS/c1-8-17-10(7-20-8)6-16-13-4-9-2-3-14(19)18-12(9)5-11(13)15/h4-5,7,16H,2-3,6,15H2,1H3,(H,18,19). The summed E-state index contributed by atoms with van der Waals surface area (Å²) in [6.07, 6.45) is 1.29. The number of carbonyl (C=O) groups is 1. The first-order chi connectivity index (χ1) is 9.61. The van der Waals surface area contributed by atoms with Crippen molar-refractivity contribution in [1.29, 1.82) is 0 Å². The van der Waals surface area contributed by atoms with Crippen LogP contribution in [0.5, 0.6) is 0 Å². The maximum Gasteiger partial charge on any atom is 0.224 e. The van der Waals surface area contributed by atoms with Gasteiger partial charge in [0.15, 0.2) is 0 Å². The van der Waals surface area contributed by atoms with Crippen LogP contribution in [0.15, 0.2) is 17.5 Å². The molecule has 3 rings (SSSR count). The monoisotopic (exact) mass is 288 g/mol. The molecule has 1 aliphatic heterocycles. The van der Waals surface area contributed by atoms with E-state index in [1.807, 2.05) is 24.4 Å². The van der Waals surface area contributed by atoms with Crippen molar-refractivity contribution in [3.63, 3.8) is 0 Å². The van der Waals surface area contributed by atoms with Crippen LogP contribution in [0.2, 0.25) is 0 Å². The van der Waals surface area contributed by atoms with E-state index in [0.717, 1.165) is 34.1 Å². The molecule has 20 heavy (non-hydrogen) atoms. The third-order valence-electron chi connectivity index (χ3n) is 3.30. The number of amides is 1. The fourth-order valence-electron chi connectivity index (χ4n) is 2.27. The van der Waals surface area contributed by atoms with Gasteiger partial charge in [0.1, 0.15) is 0 Å². The highest BCUT2D eigenvalue weighted by atomic mass is 32.1. The average molecular weight is 288 g/mol. The second-order valence-corrected chi connectivity index (χ2v) is 5.92. The van der Waals surface area contributed by atoms with Crippen molar-refractivity contribution in [3.05, 3.63) is 33.8 Å². The van der Waals surface area contributed by atoms with E-state index >= 15 is 0 Å². The van der Waals surface area contributed by atoms with Crippen LogP contribution in [-0.2, 0) is 17.8 Å². The lowest BCUT2D eigenvalue weighted by molar-refractivity contribution is -0.116. The Bertz CT molecular complexity index is 665. The van der Waals surface area contributed by atoms with E-state index < -0.39 is 0 Å². The maximum atomic E-state index is 11.4. The Morgan fingerprint density at radius 3 is 3.05 bits per heavy atom. The van der Waals surface area contributed by atoms with Gasteiger partial charge in [-0.15, -0.1) is 11.3 Å². The number of rotatable bonds is 3. The zero-order chi connectivity index (χ0) is 14.1. The summed E-state index contributed by atoms with van der Waals surface area (Å²) in [7, 11) is 0. The molecule has 0 unspecified atom stereocenters. The number of nitrogens with zero attached hydrogens (tertiary/aromatic N) is 1. The van der Waals surface area contributed by atoms with Crippen molar-refractivity contribution in [2.75, 3.05) is 16.4 Å². The average Bonchev–Trinajstić information content (AvgIpc) is 2.82. The third kappa shape index (κ3) is 2.60. The number of anilines is 3. The summed E-state index contributed by atoms with van der Waals surface area (Å²) >= 11 is 1.64. The molecule has 2 aromatic rings. The summed E-state index contributed by atoms with van der Waals surface area (Å²) in [6.45, 7) is 2.64. The lowest BCUT2D eigenvalue weighted by Crippen LogP contribution is -2.19. The summed E-state index contributed by atoms with van der Waals surface area (Å²) in [6, 6.07) is 3.84. The number of aromatic nitrogens is 1. The quantitative estimate of drug-likeness (QED) is 0.758. The highest BCUT2D eigenvalue weighted by Gasteiger charge is 2.16. The van der Waals surface area contributed by atoms with Gasteiger partial charge in [0.25, 0.3) is 0 Å². The van der Waals surface area contributed by atoms with Crippen molar-refractivity contribution in [3.8, 4) is 0 Å². The second kappa shape index (κ2) is 5.13. The SMILES string of the molecule is Cc1nc(CNc2cc3c(cc2N)NC(=O)CC3)cs1. The van der Waals surface area contributed by atoms with Crippen LogP contribution < -0.4 is 16.4 Å². The van der Waals surface area contributed by atoms with Gasteiger partial charge >= 0.3 is 0 Å². The summed E-state index contributed by atoms with van der Waals surface area (Å²) < 4.78 is 0. The van der Waals surface area contributed by atoms with Gasteiger partial charge in [0.05, 0.1) is 28.6 Å². The van der Waals surface area contributed by atoms with Gasteiger partial charge in [0.2, 0.25) is 5.91 Å². The topological polar surface area (TPSA) is 80.0 Å². The molecular formula is C14H16N4OS. The lowest BCUT2D eigenvalue weighted by atomic mass is 10.0. The molecular weight excluding hydrogens is 272 g/mol. The van der Waals surface area contributed by atoms with Gasteiger partial charge in [-0.25, -0.2) is 4.98 Å². The van der Waals surface area contributed by atoms with E-state index in [2.05, 4.69) is 15.6 Å². The van der Waals surface area contributed by atoms with E-state index in [-0.39, 0.29) is 5.91 Å². The first kappa shape index (κ1) is 12.9. The summed E-state index contributed by atoms with van der Waals surface area (Å²) in [5, 5.41) is 9.26. The van der Waals surface area contributed by atoms with E-state index in [1.54, 1.807) is 11.3 Å². The zero-order valence-corrected chi connectivity index (χ0v) is 12.0. The van der Waals surface area contributed by atoms with Crippen LogP contribution in [0, 0.1) is 6.92 Å². The van der Waals surface area contributed by atoms with E-state index in [4.69, 9.17) is 5.73 Å². The largest absolute Gasteiger partial charge is 0.397 e. The van der Waals surface area contributed by atoms with Crippen LogP contribution in [0.1, 0.15) is 22.7 Å². The Morgan fingerprint density at radius 1 is 1.45 bits per heavy atom.